The van der Waals surface area contributed by atoms with Crippen LogP contribution in [0.25, 0.3) is 10.6 Å². The Bertz CT molecular complexity index is 632. The van der Waals surface area contributed by atoms with Gasteiger partial charge in [-0.2, -0.15) is 0 Å². The molecule has 22 heavy (non-hydrogen) atoms. The van der Waals surface area contributed by atoms with Gasteiger partial charge >= 0.3 is 0 Å². The molecule has 0 aliphatic carbocycles. The number of aryl methyl sites for hydroxylation is 1. The molecule has 1 fully saturated rings. The van der Waals surface area contributed by atoms with Crippen molar-refractivity contribution in [3.8, 4) is 10.6 Å². The van der Waals surface area contributed by atoms with E-state index in [1.807, 2.05) is 6.92 Å². The van der Waals surface area contributed by atoms with Crippen molar-refractivity contribution in [2.24, 2.45) is 0 Å². The van der Waals surface area contributed by atoms with Crippen molar-refractivity contribution < 1.29 is 9.53 Å². The van der Waals surface area contributed by atoms with Crippen LogP contribution >= 0.6 is 22.7 Å². The summed E-state index contributed by atoms with van der Waals surface area (Å²) < 4.78 is 5.29. The van der Waals surface area contributed by atoms with Crippen LogP contribution in [0.5, 0.6) is 0 Å². The van der Waals surface area contributed by atoms with Crippen LogP contribution in [0.2, 0.25) is 0 Å². The number of thiophene rings is 1. The van der Waals surface area contributed by atoms with Crippen molar-refractivity contribution >= 4 is 28.6 Å². The molecule has 1 atom stereocenters. The molecule has 2 N–H and O–H groups in total. The summed E-state index contributed by atoms with van der Waals surface area (Å²) in [6.45, 7) is 4.53. The summed E-state index contributed by atoms with van der Waals surface area (Å²) >= 11 is 3.40. The zero-order valence-electron chi connectivity index (χ0n) is 12.4. The van der Waals surface area contributed by atoms with E-state index in [9.17, 15) is 4.79 Å². The predicted molar refractivity (Wildman–Crippen MR) is 89.5 cm³/mol. The summed E-state index contributed by atoms with van der Waals surface area (Å²) in [4.78, 5) is 18.9. The molecule has 2 aromatic heterocycles. The van der Waals surface area contributed by atoms with E-state index >= 15 is 0 Å². The highest BCUT2D eigenvalue weighted by Gasteiger charge is 2.20. The molecule has 2 aromatic rings. The van der Waals surface area contributed by atoms with E-state index in [4.69, 9.17) is 4.74 Å². The Labute approximate surface area is 137 Å². The average Bonchev–Trinajstić information content (AvgIpc) is 3.17. The molecule has 1 aliphatic heterocycles. The fourth-order valence-corrected chi connectivity index (χ4v) is 3.95. The third-order valence-corrected chi connectivity index (χ3v) is 5.38. The first-order valence-corrected chi connectivity index (χ1v) is 9.02. The number of aromatic nitrogens is 1. The van der Waals surface area contributed by atoms with Crippen LogP contribution in [-0.2, 0) is 16.0 Å². The van der Waals surface area contributed by atoms with Gasteiger partial charge in [0.15, 0.2) is 0 Å². The highest BCUT2D eigenvalue weighted by Crippen LogP contribution is 2.29. The second kappa shape index (κ2) is 7.32. The summed E-state index contributed by atoms with van der Waals surface area (Å²) in [7, 11) is 0. The zero-order valence-corrected chi connectivity index (χ0v) is 14.1. The van der Waals surface area contributed by atoms with Gasteiger partial charge in [-0.25, -0.2) is 4.98 Å². The second-order valence-electron chi connectivity index (χ2n) is 5.14. The van der Waals surface area contributed by atoms with Crippen molar-refractivity contribution in [1.82, 2.24) is 15.6 Å². The molecule has 0 spiro atoms. The van der Waals surface area contributed by atoms with Crippen molar-refractivity contribution in [1.29, 1.82) is 0 Å². The molecule has 7 heteroatoms. The highest BCUT2D eigenvalue weighted by atomic mass is 32.1. The van der Waals surface area contributed by atoms with Gasteiger partial charge < -0.3 is 15.4 Å². The number of nitrogens with one attached hydrogen (secondary N) is 2. The maximum Gasteiger partial charge on any atom is 0.239 e. The first kappa shape index (κ1) is 15.6. The van der Waals surface area contributed by atoms with Gasteiger partial charge in [0.25, 0.3) is 0 Å². The van der Waals surface area contributed by atoms with Gasteiger partial charge in [-0.15, -0.1) is 22.7 Å². The zero-order chi connectivity index (χ0) is 15.4. The average molecular weight is 337 g/mol. The molecule has 1 aliphatic rings. The van der Waals surface area contributed by atoms with Crippen LogP contribution in [0.15, 0.2) is 17.5 Å². The lowest BCUT2D eigenvalue weighted by Gasteiger charge is -2.22. The monoisotopic (exact) mass is 337 g/mol. The molecule has 0 unspecified atom stereocenters. The largest absolute Gasteiger partial charge is 0.378 e. The van der Waals surface area contributed by atoms with E-state index in [0.29, 0.717) is 19.8 Å². The molecule has 1 amide bonds. The number of nitrogens with zero attached hydrogens (tertiary/aromatic N) is 1. The Balaban J connectivity index is 1.47. The summed E-state index contributed by atoms with van der Waals surface area (Å²) in [5, 5.41) is 9.29. The number of morpholine rings is 1. The Morgan fingerprint density at radius 3 is 3.18 bits per heavy atom. The minimum absolute atomic E-state index is 0.0200. The van der Waals surface area contributed by atoms with E-state index in [1.165, 1.54) is 9.75 Å². The standard InChI is InChI=1S/C15H19N3O2S2/c1-10-18-13(9-21-10)14-3-2-11(22-14)4-5-17-15(19)12-8-20-7-6-16-12/h2-3,9,12,16H,4-8H2,1H3,(H,17,19)/t12-/m1/s1. The summed E-state index contributed by atoms with van der Waals surface area (Å²) in [5.41, 5.74) is 1.05. The van der Waals surface area contributed by atoms with Crippen molar-refractivity contribution in [3.05, 3.63) is 27.4 Å². The molecule has 0 radical (unpaired) electrons. The lowest BCUT2D eigenvalue weighted by molar-refractivity contribution is -0.125. The molecule has 5 nitrogen and oxygen atoms in total. The summed E-state index contributed by atoms with van der Waals surface area (Å²) in [5.74, 6) is 0.0200. The minimum atomic E-state index is -0.217. The molecule has 3 heterocycles. The molecule has 0 bridgehead atoms. The lowest BCUT2D eigenvalue weighted by Crippen LogP contribution is -2.51. The fourth-order valence-electron chi connectivity index (χ4n) is 2.29. The van der Waals surface area contributed by atoms with E-state index in [0.717, 1.165) is 23.7 Å². The van der Waals surface area contributed by atoms with Crippen LogP contribution < -0.4 is 10.6 Å². The van der Waals surface area contributed by atoms with Crippen molar-refractivity contribution in [2.75, 3.05) is 26.3 Å². The smallest absolute Gasteiger partial charge is 0.239 e. The van der Waals surface area contributed by atoms with Crippen molar-refractivity contribution in [2.45, 2.75) is 19.4 Å². The normalized spacial score (nSPS) is 18.3. The quantitative estimate of drug-likeness (QED) is 0.874. The number of carbonyl (C=O) groups is 1. The molecular weight excluding hydrogens is 318 g/mol. The number of carbonyl (C=O) groups excluding carboxylic acids is 1. The number of hydrogen-bond donors (Lipinski definition) is 2. The lowest BCUT2D eigenvalue weighted by atomic mass is 10.2. The number of ether oxygens (including phenoxy) is 1. The third kappa shape index (κ3) is 3.92. The predicted octanol–water partition coefficient (Wildman–Crippen LogP) is 1.83. The Morgan fingerprint density at radius 1 is 1.55 bits per heavy atom. The third-order valence-electron chi connectivity index (χ3n) is 3.44. The van der Waals surface area contributed by atoms with Gasteiger partial charge in [0, 0.05) is 23.3 Å². The maximum atomic E-state index is 12.0. The Kier molecular flexibility index (Phi) is 5.20. The van der Waals surface area contributed by atoms with Gasteiger partial charge in [-0.3, -0.25) is 4.79 Å². The van der Waals surface area contributed by atoms with Crippen LogP contribution in [-0.4, -0.2) is 43.2 Å². The Morgan fingerprint density at radius 2 is 2.45 bits per heavy atom. The number of thiazole rings is 1. The van der Waals surface area contributed by atoms with Gasteiger partial charge in [0.05, 0.1) is 28.8 Å². The minimum Gasteiger partial charge on any atom is -0.378 e. The number of rotatable bonds is 5. The first-order valence-electron chi connectivity index (χ1n) is 7.32. The van der Waals surface area contributed by atoms with Crippen molar-refractivity contribution in [3.63, 3.8) is 0 Å². The van der Waals surface area contributed by atoms with E-state index in [2.05, 4.69) is 33.1 Å². The maximum absolute atomic E-state index is 12.0. The topological polar surface area (TPSA) is 63.2 Å². The summed E-state index contributed by atoms with van der Waals surface area (Å²) in [6, 6.07) is 4.00. The number of hydrogen-bond acceptors (Lipinski definition) is 6. The van der Waals surface area contributed by atoms with Gasteiger partial charge in [0.1, 0.15) is 6.04 Å². The molecule has 118 valence electrons. The second-order valence-corrected chi connectivity index (χ2v) is 7.37. The van der Waals surface area contributed by atoms with E-state index in [-0.39, 0.29) is 11.9 Å². The van der Waals surface area contributed by atoms with Crippen LogP contribution in [0.4, 0.5) is 0 Å². The van der Waals surface area contributed by atoms with E-state index < -0.39 is 0 Å². The first-order chi connectivity index (χ1) is 10.7. The van der Waals surface area contributed by atoms with Crippen LogP contribution in [0, 0.1) is 6.92 Å². The SMILES string of the molecule is Cc1nc(-c2ccc(CCNC(=O)[C@H]3COCCN3)s2)cs1. The molecule has 0 saturated carbocycles. The van der Waals surface area contributed by atoms with Crippen LogP contribution in [0.3, 0.4) is 0 Å². The van der Waals surface area contributed by atoms with Gasteiger partial charge in [-0.05, 0) is 25.5 Å². The molecule has 1 saturated heterocycles. The van der Waals surface area contributed by atoms with Gasteiger partial charge in [-0.1, -0.05) is 0 Å². The van der Waals surface area contributed by atoms with E-state index in [1.54, 1.807) is 22.7 Å². The van der Waals surface area contributed by atoms with Crippen LogP contribution in [0.1, 0.15) is 9.88 Å². The molecule has 3 rings (SSSR count). The number of amides is 1. The summed E-state index contributed by atoms with van der Waals surface area (Å²) in [6.07, 6.45) is 0.840. The van der Waals surface area contributed by atoms with Gasteiger partial charge in [0.2, 0.25) is 5.91 Å². The Hall–Kier alpha value is -1.28. The molecular formula is C15H19N3O2S2. The molecule has 0 aromatic carbocycles. The highest BCUT2D eigenvalue weighted by molar-refractivity contribution is 7.16. The fraction of sp³-hybridized carbons (Fsp3) is 0.467.